The number of thioether (sulfide) groups is 1. The topological polar surface area (TPSA) is 44.1 Å². The molecule has 3 heterocycles. The van der Waals surface area contributed by atoms with E-state index in [1.807, 2.05) is 4.57 Å². The van der Waals surface area contributed by atoms with Crippen LogP contribution in [-0.2, 0) is 24.1 Å². The predicted octanol–water partition coefficient (Wildman–Crippen LogP) is 4.02. The maximum Gasteiger partial charge on any atom is 0.263 e. The smallest absolute Gasteiger partial charge is 0.263 e. The van der Waals surface area contributed by atoms with Gasteiger partial charge in [0.25, 0.3) is 5.56 Å². The number of rotatable bonds is 4. The average Bonchev–Trinajstić information content (AvgIpc) is 3.17. The second-order valence-corrected chi connectivity index (χ2v) is 9.63. The Kier molecular flexibility index (Phi) is 4.71. The van der Waals surface area contributed by atoms with Crippen molar-refractivity contribution in [2.75, 3.05) is 6.61 Å². The van der Waals surface area contributed by atoms with Gasteiger partial charge in [-0.2, -0.15) is 0 Å². The molecule has 2 aliphatic rings. The minimum absolute atomic E-state index is 0.151. The van der Waals surface area contributed by atoms with Crippen molar-refractivity contribution in [3.8, 4) is 0 Å². The number of aromatic nitrogens is 2. The fourth-order valence-electron chi connectivity index (χ4n) is 3.67. The molecule has 1 saturated heterocycles. The second kappa shape index (κ2) is 6.81. The fraction of sp³-hybridized carbons (Fsp3) is 0.667. The Balaban J connectivity index is 1.85. The third-order valence-electron chi connectivity index (χ3n) is 4.79. The molecule has 0 saturated carbocycles. The van der Waals surface area contributed by atoms with E-state index < -0.39 is 0 Å². The van der Waals surface area contributed by atoms with E-state index in [0.717, 1.165) is 47.7 Å². The molecule has 1 atom stereocenters. The van der Waals surface area contributed by atoms with E-state index in [1.165, 1.54) is 23.3 Å². The highest BCUT2D eigenvalue weighted by Crippen LogP contribution is 2.35. The summed E-state index contributed by atoms with van der Waals surface area (Å²) in [6, 6.07) is 0. The fourth-order valence-corrected chi connectivity index (χ4v) is 5.83. The summed E-state index contributed by atoms with van der Waals surface area (Å²) in [5.74, 6) is 0. The summed E-state index contributed by atoms with van der Waals surface area (Å²) in [5.41, 5.74) is 1.43. The molecule has 1 aliphatic heterocycles. The quantitative estimate of drug-likeness (QED) is 0.607. The van der Waals surface area contributed by atoms with Crippen molar-refractivity contribution in [1.29, 1.82) is 0 Å². The predicted molar refractivity (Wildman–Crippen MR) is 100 cm³/mol. The van der Waals surface area contributed by atoms with Gasteiger partial charge in [0.05, 0.1) is 18.0 Å². The Morgan fingerprint density at radius 3 is 2.92 bits per heavy atom. The summed E-state index contributed by atoms with van der Waals surface area (Å²) in [5, 5.41) is 2.15. The molecular formula is C18H24N2O2S2. The molecule has 130 valence electrons. The van der Waals surface area contributed by atoms with Crippen molar-refractivity contribution in [3.05, 3.63) is 20.8 Å². The minimum atomic E-state index is 0.151. The third kappa shape index (κ3) is 3.04. The zero-order valence-electron chi connectivity index (χ0n) is 14.3. The molecule has 4 rings (SSSR count). The molecule has 0 radical (unpaired) electrons. The first-order chi connectivity index (χ1) is 11.6. The van der Waals surface area contributed by atoms with Crippen LogP contribution in [0.15, 0.2) is 9.95 Å². The zero-order chi connectivity index (χ0) is 16.7. The Morgan fingerprint density at radius 2 is 2.17 bits per heavy atom. The van der Waals surface area contributed by atoms with Crippen LogP contribution in [0.1, 0.15) is 50.0 Å². The first-order valence-electron chi connectivity index (χ1n) is 8.97. The van der Waals surface area contributed by atoms with Crippen LogP contribution in [0.3, 0.4) is 0 Å². The van der Waals surface area contributed by atoms with E-state index >= 15 is 0 Å². The molecule has 0 spiro atoms. The van der Waals surface area contributed by atoms with Crippen LogP contribution < -0.4 is 5.56 Å². The highest BCUT2D eigenvalue weighted by molar-refractivity contribution is 7.99. The van der Waals surface area contributed by atoms with E-state index in [1.54, 1.807) is 23.1 Å². The van der Waals surface area contributed by atoms with Gasteiger partial charge in [0.1, 0.15) is 4.83 Å². The SMILES string of the molecule is CC(C)Sc1nc2sc3c(c2c(=O)n1C[C@H]1CCCO1)CCCC3. The second-order valence-electron chi connectivity index (χ2n) is 7.00. The number of nitrogens with zero attached hydrogens (tertiary/aromatic N) is 2. The standard InChI is InChI=1S/C18H24N2O2S2/c1-11(2)23-18-19-16-15(13-7-3-4-8-14(13)24-16)17(21)20(18)10-12-6-5-9-22-12/h11-12H,3-10H2,1-2H3/t12-/m1/s1. The molecular weight excluding hydrogens is 340 g/mol. The maximum atomic E-state index is 13.3. The Morgan fingerprint density at radius 1 is 1.33 bits per heavy atom. The summed E-state index contributed by atoms with van der Waals surface area (Å²) < 4.78 is 7.68. The van der Waals surface area contributed by atoms with Crippen molar-refractivity contribution in [3.63, 3.8) is 0 Å². The lowest BCUT2D eigenvalue weighted by atomic mass is 9.97. The van der Waals surface area contributed by atoms with Gasteiger partial charge in [-0.3, -0.25) is 9.36 Å². The van der Waals surface area contributed by atoms with Crippen LogP contribution in [0.2, 0.25) is 0 Å². The van der Waals surface area contributed by atoms with E-state index in [9.17, 15) is 4.79 Å². The number of hydrogen-bond donors (Lipinski definition) is 0. The van der Waals surface area contributed by atoms with Crippen molar-refractivity contribution in [1.82, 2.24) is 9.55 Å². The van der Waals surface area contributed by atoms with Crippen LogP contribution >= 0.6 is 23.1 Å². The normalized spacial score (nSPS) is 20.9. The number of aryl methyl sites for hydroxylation is 2. The number of fused-ring (bicyclic) bond motifs is 3. The first kappa shape index (κ1) is 16.6. The first-order valence-corrected chi connectivity index (χ1v) is 10.7. The van der Waals surface area contributed by atoms with Crippen molar-refractivity contribution < 1.29 is 4.74 Å². The Hall–Kier alpha value is -0.850. The monoisotopic (exact) mass is 364 g/mol. The maximum absolute atomic E-state index is 13.3. The summed E-state index contributed by atoms with van der Waals surface area (Å²) in [4.78, 5) is 20.6. The van der Waals surface area contributed by atoms with E-state index in [0.29, 0.717) is 11.8 Å². The summed E-state index contributed by atoms with van der Waals surface area (Å²) in [6.45, 7) is 5.75. The number of ether oxygens (including phenoxy) is 1. The molecule has 0 N–H and O–H groups in total. The number of hydrogen-bond acceptors (Lipinski definition) is 5. The van der Waals surface area contributed by atoms with Crippen LogP contribution in [0.5, 0.6) is 0 Å². The Bertz CT molecular complexity index is 803. The lowest BCUT2D eigenvalue weighted by molar-refractivity contribution is 0.0937. The van der Waals surface area contributed by atoms with Crippen molar-refractivity contribution in [2.45, 2.75) is 75.4 Å². The molecule has 0 amide bonds. The lowest BCUT2D eigenvalue weighted by Gasteiger charge is -2.17. The summed E-state index contributed by atoms with van der Waals surface area (Å²) in [7, 11) is 0. The minimum Gasteiger partial charge on any atom is -0.376 e. The largest absolute Gasteiger partial charge is 0.376 e. The molecule has 1 fully saturated rings. The van der Waals surface area contributed by atoms with E-state index in [-0.39, 0.29) is 11.7 Å². The van der Waals surface area contributed by atoms with Gasteiger partial charge in [0.2, 0.25) is 0 Å². The molecule has 24 heavy (non-hydrogen) atoms. The molecule has 4 nitrogen and oxygen atoms in total. The van der Waals surface area contributed by atoms with Crippen LogP contribution in [-0.4, -0.2) is 27.5 Å². The van der Waals surface area contributed by atoms with Crippen LogP contribution in [0.4, 0.5) is 0 Å². The summed E-state index contributed by atoms with van der Waals surface area (Å²) in [6.07, 6.45) is 6.84. The molecule has 0 unspecified atom stereocenters. The van der Waals surface area contributed by atoms with Gasteiger partial charge in [-0.05, 0) is 44.1 Å². The van der Waals surface area contributed by atoms with Gasteiger partial charge in [0.15, 0.2) is 5.16 Å². The van der Waals surface area contributed by atoms with Crippen LogP contribution in [0.25, 0.3) is 10.2 Å². The molecule has 6 heteroatoms. The average molecular weight is 365 g/mol. The summed E-state index contributed by atoms with van der Waals surface area (Å²) >= 11 is 3.42. The Labute approximate surface area is 150 Å². The van der Waals surface area contributed by atoms with Gasteiger partial charge in [-0.15, -0.1) is 11.3 Å². The zero-order valence-corrected chi connectivity index (χ0v) is 16.0. The molecule has 2 aromatic heterocycles. The van der Waals surface area contributed by atoms with Gasteiger partial charge < -0.3 is 4.74 Å². The van der Waals surface area contributed by atoms with Gasteiger partial charge >= 0.3 is 0 Å². The molecule has 1 aliphatic carbocycles. The van der Waals surface area contributed by atoms with E-state index in [4.69, 9.17) is 9.72 Å². The lowest BCUT2D eigenvalue weighted by Crippen LogP contribution is -2.29. The highest BCUT2D eigenvalue weighted by atomic mass is 32.2. The van der Waals surface area contributed by atoms with Gasteiger partial charge in [-0.1, -0.05) is 25.6 Å². The van der Waals surface area contributed by atoms with Crippen molar-refractivity contribution in [2.24, 2.45) is 0 Å². The molecule has 2 aromatic rings. The highest BCUT2D eigenvalue weighted by Gasteiger charge is 2.25. The van der Waals surface area contributed by atoms with Crippen LogP contribution in [0, 0.1) is 0 Å². The molecule has 0 aromatic carbocycles. The van der Waals surface area contributed by atoms with Gasteiger partial charge in [-0.25, -0.2) is 4.98 Å². The number of thiophene rings is 1. The van der Waals surface area contributed by atoms with Crippen molar-refractivity contribution >= 4 is 33.3 Å². The molecule has 0 bridgehead atoms. The van der Waals surface area contributed by atoms with Gasteiger partial charge in [0, 0.05) is 16.7 Å². The third-order valence-corrected chi connectivity index (χ3v) is 6.97. The van der Waals surface area contributed by atoms with E-state index in [2.05, 4.69) is 13.8 Å².